The monoisotopic (exact) mass is 428 g/mol. The number of benzene rings is 2. The van der Waals surface area contributed by atoms with Gasteiger partial charge in [-0.2, -0.15) is 0 Å². The van der Waals surface area contributed by atoms with Crippen LogP contribution in [0.15, 0.2) is 61.1 Å². The number of carbonyl (C=O) groups is 1. The molecule has 164 valence electrons. The van der Waals surface area contributed by atoms with Gasteiger partial charge in [0.15, 0.2) is 5.65 Å². The number of aromatic nitrogens is 3. The number of hydrogen-bond donors (Lipinski definition) is 0. The van der Waals surface area contributed by atoms with Gasteiger partial charge in [-0.25, -0.2) is 14.8 Å². The lowest BCUT2D eigenvalue weighted by atomic mass is 10.0. The molecule has 0 unspecified atom stereocenters. The van der Waals surface area contributed by atoms with E-state index in [9.17, 15) is 4.79 Å². The Morgan fingerprint density at radius 2 is 1.88 bits per heavy atom. The smallest absolute Gasteiger partial charge is 0.410 e. The first-order valence-electron chi connectivity index (χ1n) is 11.2. The SMILES string of the molecule is CC(C)(C)OC(=O)N1CCC[C@H](n2cnc3c(-c4ccc5ccccc5c4)ccnc32)C1. The van der Waals surface area contributed by atoms with Crippen LogP contribution in [0, 0.1) is 0 Å². The van der Waals surface area contributed by atoms with Gasteiger partial charge in [-0.1, -0.05) is 36.4 Å². The normalized spacial score (nSPS) is 17.1. The number of imidazole rings is 1. The molecule has 0 N–H and O–H groups in total. The van der Waals surface area contributed by atoms with E-state index >= 15 is 0 Å². The summed E-state index contributed by atoms with van der Waals surface area (Å²) in [6.45, 7) is 7.01. The van der Waals surface area contributed by atoms with Crippen LogP contribution in [-0.4, -0.2) is 44.2 Å². The van der Waals surface area contributed by atoms with Gasteiger partial charge >= 0.3 is 6.09 Å². The van der Waals surface area contributed by atoms with E-state index in [1.54, 1.807) is 4.90 Å². The highest BCUT2D eigenvalue weighted by atomic mass is 16.6. The largest absolute Gasteiger partial charge is 0.444 e. The predicted molar refractivity (Wildman–Crippen MR) is 127 cm³/mol. The minimum absolute atomic E-state index is 0.126. The maximum Gasteiger partial charge on any atom is 0.410 e. The molecule has 0 spiro atoms. The molecule has 0 bridgehead atoms. The van der Waals surface area contributed by atoms with Gasteiger partial charge in [0.2, 0.25) is 0 Å². The fourth-order valence-electron chi connectivity index (χ4n) is 4.46. The van der Waals surface area contributed by atoms with Gasteiger partial charge in [0, 0.05) is 24.8 Å². The Morgan fingerprint density at radius 1 is 1.06 bits per heavy atom. The van der Waals surface area contributed by atoms with Crippen molar-refractivity contribution in [3.05, 3.63) is 61.1 Å². The Bertz CT molecular complexity index is 1290. The van der Waals surface area contributed by atoms with E-state index in [1.165, 1.54) is 10.8 Å². The van der Waals surface area contributed by atoms with Gasteiger partial charge in [0.1, 0.15) is 11.1 Å². The first-order valence-corrected chi connectivity index (χ1v) is 11.2. The topological polar surface area (TPSA) is 60.2 Å². The molecule has 3 heterocycles. The number of pyridine rings is 1. The molecule has 0 saturated carbocycles. The molecular weight excluding hydrogens is 400 g/mol. The van der Waals surface area contributed by atoms with E-state index in [0.29, 0.717) is 13.1 Å². The van der Waals surface area contributed by atoms with E-state index in [2.05, 4.69) is 52.0 Å². The third-order valence-corrected chi connectivity index (χ3v) is 5.96. The summed E-state index contributed by atoms with van der Waals surface area (Å²) >= 11 is 0. The fourth-order valence-corrected chi connectivity index (χ4v) is 4.46. The van der Waals surface area contributed by atoms with Crippen LogP contribution in [-0.2, 0) is 4.74 Å². The summed E-state index contributed by atoms with van der Waals surface area (Å²) in [5.74, 6) is 0. The highest BCUT2D eigenvalue weighted by Gasteiger charge is 2.29. The maximum atomic E-state index is 12.6. The maximum absolute atomic E-state index is 12.6. The van der Waals surface area contributed by atoms with Crippen LogP contribution in [0.3, 0.4) is 0 Å². The van der Waals surface area contributed by atoms with Gasteiger partial charge in [-0.05, 0) is 62.1 Å². The fraction of sp³-hybridized carbons (Fsp3) is 0.346. The van der Waals surface area contributed by atoms with Gasteiger partial charge in [0.05, 0.1) is 12.4 Å². The molecule has 1 saturated heterocycles. The van der Waals surface area contributed by atoms with E-state index in [4.69, 9.17) is 9.72 Å². The number of amides is 1. The number of fused-ring (bicyclic) bond motifs is 2. The number of ether oxygens (including phenoxy) is 1. The van der Waals surface area contributed by atoms with Crippen LogP contribution in [0.4, 0.5) is 4.79 Å². The highest BCUT2D eigenvalue weighted by molar-refractivity contribution is 5.94. The summed E-state index contributed by atoms with van der Waals surface area (Å²) in [5.41, 5.74) is 3.44. The number of rotatable bonds is 2. The molecule has 0 aliphatic carbocycles. The number of likely N-dealkylation sites (tertiary alicyclic amines) is 1. The van der Waals surface area contributed by atoms with Crippen molar-refractivity contribution in [3.63, 3.8) is 0 Å². The molecule has 1 fully saturated rings. The molecule has 1 amide bonds. The summed E-state index contributed by atoms with van der Waals surface area (Å²) in [7, 11) is 0. The zero-order chi connectivity index (χ0) is 22.3. The van der Waals surface area contributed by atoms with Gasteiger partial charge < -0.3 is 14.2 Å². The Balaban J connectivity index is 1.47. The van der Waals surface area contributed by atoms with Gasteiger partial charge in [-0.15, -0.1) is 0 Å². The van der Waals surface area contributed by atoms with E-state index in [1.807, 2.05) is 39.4 Å². The van der Waals surface area contributed by atoms with Crippen molar-refractivity contribution in [2.24, 2.45) is 0 Å². The standard InChI is InChI=1S/C26H28N4O2/c1-26(2,3)32-25(31)29-14-6-9-21(16-29)30-17-28-23-22(12-13-27-24(23)30)20-11-10-18-7-4-5-8-19(18)15-20/h4-5,7-8,10-13,15,17,21H,6,9,14,16H2,1-3H3/t21-/m0/s1. The first kappa shape index (κ1) is 20.5. The van der Waals surface area contributed by atoms with E-state index in [0.717, 1.165) is 35.1 Å². The first-order chi connectivity index (χ1) is 15.4. The van der Waals surface area contributed by atoms with Gasteiger partial charge in [-0.3, -0.25) is 0 Å². The molecule has 0 radical (unpaired) electrons. The van der Waals surface area contributed by atoms with E-state index < -0.39 is 5.60 Å². The predicted octanol–water partition coefficient (Wildman–Crippen LogP) is 5.82. The summed E-state index contributed by atoms with van der Waals surface area (Å²) in [4.78, 5) is 23.8. The summed E-state index contributed by atoms with van der Waals surface area (Å²) in [6, 6.07) is 17.0. The summed E-state index contributed by atoms with van der Waals surface area (Å²) < 4.78 is 7.71. The quantitative estimate of drug-likeness (QED) is 0.403. The van der Waals surface area contributed by atoms with E-state index in [-0.39, 0.29) is 12.1 Å². The third-order valence-electron chi connectivity index (χ3n) is 5.96. The minimum atomic E-state index is -0.498. The molecule has 1 aliphatic heterocycles. The lowest BCUT2D eigenvalue weighted by molar-refractivity contribution is 0.0174. The molecule has 5 rings (SSSR count). The van der Waals surface area contributed by atoms with Crippen molar-refractivity contribution < 1.29 is 9.53 Å². The van der Waals surface area contributed by atoms with Crippen molar-refractivity contribution in [3.8, 4) is 11.1 Å². The van der Waals surface area contributed by atoms with Crippen LogP contribution in [0.2, 0.25) is 0 Å². The van der Waals surface area contributed by atoms with Crippen molar-refractivity contribution >= 4 is 28.0 Å². The Kier molecular flexibility index (Phi) is 5.08. The van der Waals surface area contributed by atoms with Crippen LogP contribution in [0.1, 0.15) is 39.7 Å². The lowest BCUT2D eigenvalue weighted by Gasteiger charge is -2.34. The minimum Gasteiger partial charge on any atom is -0.444 e. The zero-order valence-corrected chi connectivity index (χ0v) is 18.8. The average Bonchev–Trinajstić information content (AvgIpc) is 3.22. The number of carbonyl (C=O) groups excluding carboxylic acids is 1. The highest BCUT2D eigenvalue weighted by Crippen LogP contribution is 2.32. The second kappa shape index (κ2) is 7.93. The second-order valence-corrected chi connectivity index (χ2v) is 9.47. The number of piperidine rings is 1. The van der Waals surface area contributed by atoms with Crippen LogP contribution in [0.25, 0.3) is 33.1 Å². The number of nitrogens with zero attached hydrogens (tertiary/aromatic N) is 4. The Labute approximate surface area is 187 Å². The summed E-state index contributed by atoms with van der Waals surface area (Å²) in [6.07, 6.45) is 5.36. The van der Waals surface area contributed by atoms with Crippen LogP contribution >= 0.6 is 0 Å². The molecule has 32 heavy (non-hydrogen) atoms. The van der Waals surface area contributed by atoms with Gasteiger partial charge in [0.25, 0.3) is 0 Å². The zero-order valence-electron chi connectivity index (χ0n) is 18.8. The molecule has 4 aromatic rings. The number of hydrogen-bond acceptors (Lipinski definition) is 4. The lowest BCUT2D eigenvalue weighted by Crippen LogP contribution is -2.43. The third kappa shape index (κ3) is 3.93. The molecule has 2 aromatic carbocycles. The Morgan fingerprint density at radius 3 is 2.69 bits per heavy atom. The Hall–Kier alpha value is -3.41. The molecular formula is C26H28N4O2. The summed E-state index contributed by atoms with van der Waals surface area (Å²) in [5, 5.41) is 2.42. The van der Waals surface area contributed by atoms with Crippen molar-refractivity contribution in [1.82, 2.24) is 19.4 Å². The second-order valence-electron chi connectivity index (χ2n) is 9.47. The molecule has 1 aliphatic rings. The van der Waals surface area contributed by atoms with Crippen molar-refractivity contribution in [2.75, 3.05) is 13.1 Å². The average molecular weight is 429 g/mol. The molecule has 1 atom stereocenters. The van der Waals surface area contributed by atoms with Crippen LogP contribution < -0.4 is 0 Å². The molecule has 6 nitrogen and oxygen atoms in total. The van der Waals surface area contributed by atoms with Crippen LogP contribution in [0.5, 0.6) is 0 Å². The molecule has 6 heteroatoms. The van der Waals surface area contributed by atoms with Crippen molar-refractivity contribution in [2.45, 2.75) is 45.3 Å². The van der Waals surface area contributed by atoms with Crippen molar-refractivity contribution in [1.29, 1.82) is 0 Å². The molecule has 2 aromatic heterocycles.